The third-order valence-electron chi connectivity index (χ3n) is 2.56. The Hall–Kier alpha value is -1.49. The van der Waals surface area contributed by atoms with Gasteiger partial charge in [-0.3, -0.25) is 5.43 Å². The molecule has 0 saturated carbocycles. The summed E-state index contributed by atoms with van der Waals surface area (Å²) in [6, 6.07) is 1.87. The topological polar surface area (TPSA) is 59.4 Å². The molecule has 1 rings (SSSR count). The van der Waals surface area contributed by atoms with Crippen LogP contribution in [0.1, 0.15) is 38.7 Å². The summed E-state index contributed by atoms with van der Waals surface area (Å²) in [4.78, 5) is 8.48. The number of aryl methyl sites for hydroxylation is 2. The molecule has 5 heteroatoms. The quantitative estimate of drug-likeness (QED) is 0.644. The van der Waals surface area contributed by atoms with Crippen molar-refractivity contribution in [2.75, 3.05) is 12.5 Å². The first-order valence-corrected chi connectivity index (χ1v) is 5.99. The molecule has 1 aromatic rings. The van der Waals surface area contributed by atoms with Gasteiger partial charge >= 0.3 is 0 Å². The van der Waals surface area contributed by atoms with Crippen LogP contribution < -0.4 is 5.43 Å². The molecular weight excluding hydrogens is 228 g/mol. The van der Waals surface area contributed by atoms with Crippen LogP contribution in [0.4, 0.5) is 5.82 Å². The van der Waals surface area contributed by atoms with E-state index in [0.29, 0.717) is 0 Å². The number of hydrogen-bond donors (Lipinski definition) is 1. The van der Waals surface area contributed by atoms with Crippen LogP contribution in [0.15, 0.2) is 11.2 Å². The number of anilines is 1. The summed E-state index contributed by atoms with van der Waals surface area (Å²) in [6.07, 6.45) is 0.763. The van der Waals surface area contributed by atoms with E-state index in [4.69, 9.17) is 4.74 Å². The summed E-state index contributed by atoms with van der Waals surface area (Å²) in [6.45, 7) is 9.83. The van der Waals surface area contributed by atoms with Crippen LogP contribution in [-0.4, -0.2) is 28.4 Å². The molecular formula is C13H22N4O. The molecule has 0 aliphatic rings. The molecule has 0 unspecified atom stereocenters. The van der Waals surface area contributed by atoms with Crippen LogP contribution in [0.25, 0.3) is 0 Å². The maximum Gasteiger partial charge on any atom is 0.150 e. The third kappa shape index (κ3) is 4.79. The average Bonchev–Trinajstić information content (AvgIpc) is 2.24. The minimum atomic E-state index is -0.202. The van der Waals surface area contributed by atoms with Crippen molar-refractivity contribution in [3.05, 3.63) is 17.6 Å². The average molecular weight is 250 g/mol. The lowest BCUT2D eigenvalue weighted by atomic mass is 10.0. The number of rotatable bonds is 5. The zero-order chi connectivity index (χ0) is 13.8. The van der Waals surface area contributed by atoms with Crippen molar-refractivity contribution in [1.82, 2.24) is 9.97 Å². The second-order valence-electron chi connectivity index (χ2n) is 5.04. The summed E-state index contributed by atoms with van der Waals surface area (Å²) < 4.78 is 5.36. The fraction of sp³-hybridized carbons (Fsp3) is 0.615. The van der Waals surface area contributed by atoms with Gasteiger partial charge in [0.2, 0.25) is 0 Å². The van der Waals surface area contributed by atoms with Gasteiger partial charge in [-0.25, -0.2) is 9.97 Å². The Morgan fingerprint density at radius 1 is 1.39 bits per heavy atom. The van der Waals surface area contributed by atoms with E-state index in [1.807, 2.05) is 40.7 Å². The summed E-state index contributed by atoms with van der Waals surface area (Å²) in [5.74, 6) is 1.46. The largest absolute Gasteiger partial charge is 0.378 e. The van der Waals surface area contributed by atoms with E-state index in [0.717, 1.165) is 29.5 Å². The van der Waals surface area contributed by atoms with Gasteiger partial charge in [0.25, 0.3) is 0 Å². The molecule has 5 nitrogen and oxygen atoms in total. The van der Waals surface area contributed by atoms with Crippen molar-refractivity contribution in [2.24, 2.45) is 5.10 Å². The molecule has 0 spiro atoms. The molecule has 18 heavy (non-hydrogen) atoms. The summed E-state index contributed by atoms with van der Waals surface area (Å²) in [5.41, 5.74) is 4.65. The highest BCUT2D eigenvalue weighted by atomic mass is 16.5. The fourth-order valence-electron chi connectivity index (χ4n) is 1.65. The van der Waals surface area contributed by atoms with E-state index < -0.39 is 0 Å². The first-order valence-electron chi connectivity index (χ1n) is 5.99. The number of nitrogens with one attached hydrogen (secondary N) is 1. The van der Waals surface area contributed by atoms with Gasteiger partial charge < -0.3 is 4.74 Å². The van der Waals surface area contributed by atoms with Gasteiger partial charge in [-0.05, 0) is 34.6 Å². The Morgan fingerprint density at radius 2 is 2.06 bits per heavy atom. The van der Waals surface area contributed by atoms with Crippen molar-refractivity contribution in [2.45, 2.75) is 46.6 Å². The van der Waals surface area contributed by atoms with Gasteiger partial charge in [-0.1, -0.05) is 0 Å². The van der Waals surface area contributed by atoms with Gasteiger partial charge in [0.15, 0.2) is 0 Å². The van der Waals surface area contributed by atoms with E-state index in [2.05, 4.69) is 20.5 Å². The van der Waals surface area contributed by atoms with Crippen LogP contribution in [0.3, 0.4) is 0 Å². The Bertz CT molecular complexity index is 420. The van der Waals surface area contributed by atoms with E-state index in [9.17, 15) is 0 Å². The first kappa shape index (κ1) is 14.6. The number of aromatic nitrogens is 2. The van der Waals surface area contributed by atoms with Crippen LogP contribution in [-0.2, 0) is 4.74 Å². The zero-order valence-electron chi connectivity index (χ0n) is 12.0. The monoisotopic (exact) mass is 250 g/mol. The van der Waals surface area contributed by atoms with Crippen LogP contribution >= 0.6 is 0 Å². The lowest BCUT2D eigenvalue weighted by Gasteiger charge is -2.22. The molecule has 100 valence electrons. The summed E-state index contributed by atoms with van der Waals surface area (Å²) in [5, 5.41) is 4.31. The van der Waals surface area contributed by atoms with Crippen LogP contribution in [0, 0.1) is 13.8 Å². The molecule has 0 saturated heterocycles. The molecule has 0 atom stereocenters. The number of ether oxygens (including phenoxy) is 1. The Kier molecular flexibility index (Phi) is 4.78. The fourth-order valence-corrected chi connectivity index (χ4v) is 1.65. The number of hydrazone groups is 1. The molecule has 0 amide bonds. The predicted octanol–water partition coefficient (Wildman–Crippen LogP) is 2.70. The SMILES string of the molecule is COC(C)(C)CC(C)=NNc1cc(C)nc(C)n1. The second-order valence-corrected chi connectivity index (χ2v) is 5.04. The summed E-state index contributed by atoms with van der Waals surface area (Å²) in [7, 11) is 1.71. The molecule has 1 aromatic heterocycles. The molecule has 0 radical (unpaired) electrons. The Balaban J connectivity index is 2.68. The van der Waals surface area contributed by atoms with E-state index >= 15 is 0 Å². The van der Waals surface area contributed by atoms with E-state index in [-0.39, 0.29) is 5.60 Å². The molecule has 0 bridgehead atoms. The van der Waals surface area contributed by atoms with Crippen LogP contribution in [0.5, 0.6) is 0 Å². The predicted molar refractivity (Wildman–Crippen MR) is 73.9 cm³/mol. The van der Waals surface area contributed by atoms with Crippen molar-refractivity contribution in [1.29, 1.82) is 0 Å². The molecule has 1 N–H and O–H groups in total. The Morgan fingerprint density at radius 3 is 2.61 bits per heavy atom. The third-order valence-corrected chi connectivity index (χ3v) is 2.56. The molecule has 0 fully saturated rings. The highest BCUT2D eigenvalue weighted by Crippen LogP contribution is 2.14. The smallest absolute Gasteiger partial charge is 0.150 e. The molecule has 1 heterocycles. The lowest BCUT2D eigenvalue weighted by Crippen LogP contribution is -2.25. The zero-order valence-corrected chi connectivity index (χ0v) is 12.0. The number of hydrogen-bond acceptors (Lipinski definition) is 5. The van der Waals surface area contributed by atoms with Gasteiger partial charge in [-0.15, -0.1) is 0 Å². The minimum Gasteiger partial charge on any atom is -0.378 e. The highest BCUT2D eigenvalue weighted by molar-refractivity contribution is 5.83. The van der Waals surface area contributed by atoms with E-state index in [1.165, 1.54) is 0 Å². The Labute approximate surface area is 109 Å². The van der Waals surface area contributed by atoms with Gasteiger partial charge in [-0.2, -0.15) is 5.10 Å². The highest BCUT2D eigenvalue weighted by Gasteiger charge is 2.17. The van der Waals surface area contributed by atoms with Crippen molar-refractivity contribution < 1.29 is 4.74 Å². The van der Waals surface area contributed by atoms with Crippen molar-refractivity contribution in [3.8, 4) is 0 Å². The standard InChI is InChI=1S/C13H22N4O/c1-9-7-12(15-11(3)14-9)17-16-10(2)8-13(4,5)18-6/h7H,8H2,1-6H3,(H,14,15,17). The van der Waals surface area contributed by atoms with Gasteiger partial charge in [0.05, 0.1) is 5.60 Å². The lowest BCUT2D eigenvalue weighted by molar-refractivity contribution is 0.0291. The molecule has 0 aromatic carbocycles. The van der Waals surface area contributed by atoms with Crippen molar-refractivity contribution >= 4 is 11.5 Å². The maximum atomic E-state index is 5.36. The first-order chi connectivity index (χ1) is 8.32. The molecule has 0 aliphatic heterocycles. The second kappa shape index (κ2) is 5.91. The number of nitrogens with zero attached hydrogens (tertiary/aromatic N) is 3. The number of methoxy groups -OCH3 is 1. The van der Waals surface area contributed by atoms with Crippen LogP contribution in [0.2, 0.25) is 0 Å². The normalized spacial score (nSPS) is 12.7. The molecule has 0 aliphatic carbocycles. The minimum absolute atomic E-state index is 0.202. The van der Waals surface area contributed by atoms with Gasteiger partial charge in [0, 0.05) is 31.0 Å². The van der Waals surface area contributed by atoms with E-state index in [1.54, 1.807) is 7.11 Å². The summed E-state index contributed by atoms with van der Waals surface area (Å²) >= 11 is 0. The maximum absolute atomic E-state index is 5.36. The van der Waals surface area contributed by atoms with Crippen molar-refractivity contribution in [3.63, 3.8) is 0 Å². The van der Waals surface area contributed by atoms with Gasteiger partial charge in [0.1, 0.15) is 11.6 Å².